The van der Waals surface area contributed by atoms with Crippen LogP contribution in [0.5, 0.6) is 0 Å². The summed E-state index contributed by atoms with van der Waals surface area (Å²) in [6.07, 6.45) is 5.29. The summed E-state index contributed by atoms with van der Waals surface area (Å²) in [6, 6.07) is 26.2. The Balaban J connectivity index is 2.16. The first kappa shape index (κ1) is 17.8. The fourth-order valence-corrected chi connectivity index (χ4v) is 3.71. The molecule has 1 unspecified atom stereocenters. The highest BCUT2D eigenvalue weighted by molar-refractivity contribution is 6.34. The average molecular weight is 367 g/mol. The van der Waals surface area contributed by atoms with E-state index in [9.17, 15) is 0 Å². The third-order valence-electron chi connectivity index (χ3n) is 4.27. The van der Waals surface area contributed by atoms with Crippen molar-refractivity contribution in [1.82, 2.24) is 0 Å². The van der Waals surface area contributed by atoms with Crippen LogP contribution < -0.4 is 0 Å². The lowest BCUT2D eigenvalue weighted by Crippen LogP contribution is -2.22. The molecule has 3 aromatic rings. The van der Waals surface area contributed by atoms with Gasteiger partial charge >= 0.3 is 0 Å². The van der Waals surface area contributed by atoms with Gasteiger partial charge in [0.25, 0.3) is 0 Å². The first-order chi connectivity index (χ1) is 12.2. The van der Waals surface area contributed by atoms with Crippen molar-refractivity contribution in [3.8, 4) is 0 Å². The van der Waals surface area contributed by atoms with Gasteiger partial charge in [0.05, 0.1) is 0 Å². The van der Waals surface area contributed by atoms with E-state index >= 15 is 0 Å². The molecule has 0 N–H and O–H groups in total. The number of rotatable bonds is 5. The third-order valence-corrected chi connectivity index (χ3v) is 5.24. The molecule has 3 rings (SSSR count). The molecule has 3 aromatic carbocycles. The number of allylic oxidation sites excluding steroid dienone is 1. The SMILES string of the molecule is CC/C=C/c1ccc(C(Cl)(c2ccccc2)c2ccccc2Cl)cc1. The van der Waals surface area contributed by atoms with E-state index < -0.39 is 4.87 Å². The normalized spacial score (nSPS) is 13.7. The van der Waals surface area contributed by atoms with Gasteiger partial charge in [-0.1, -0.05) is 103 Å². The zero-order chi connectivity index (χ0) is 17.7. The fraction of sp³-hybridized carbons (Fsp3) is 0.130. The summed E-state index contributed by atoms with van der Waals surface area (Å²) < 4.78 is 0. The Kier molecular flexibility index (Phi) is 5.63. The predicted octanol–water partition coefficient (Wildman–Crippen LogP) is 7.29. The van der Waals surface area contributed by atoms with Gasteiger partial charge in [-0.2, -0.15) is 0 Å². The maximum absolute atomic E-state index is 7.27. The van der Waals surface area contributed by atoms with Crippen molar-refractivity contribution >= 4 is 29.3 Å². The molecule has 0 aliphatic rings. The first-order valence-electron chi connectivity index (χ1n) is 8.42. The summed E-state index contributed by atoms with van der Waals surface area (Å²) in [5.74, 6) is 0. The molecule has 0 aliphatic heterocycles. The van der Waals surface area contributed by atoms with Gasteiger partial charge in [0.1, 0.15) is 4.87 Å². The molecule has 126 valence electrons. The monoisotopic (exact) mass is 366 g/mol. The number of alkyl halides is 1. The number of hydrogen-bond acceptors (Lipinski definition) is 0. The zero-order valence-electron chi connectivity index (χ0n) is 14.1. The van der Waals surface area contributed by atoms with Gasteiger partial charge in [0, 0.05) is 10.6 Å². The molecule has 0 fully saturated rings. The molecule has 0 bridgehead atoms. The molecule has 0 saturated heterocycles. The van der Waals surface area contributed by atoms with Crippen LogP contribution in [0, 0.1) is 0 Å². The molecule has 25 heavy (non-hydrogen) atoms. The molecule has 1 atom stereocenters. The van der Waals surface area contributed by atoms with E-state index in [1.807, 2.05) is 54.6 Å². The largest absolute Gasteiger partial charge is 0.121 e. The summed E-state index contributed by atoms with van der Waals surface area (Å²) in [5, 5.41) is 0.663. The standard InChI is InChI=1S/C23H20Cl2/c1-2-3-9-18-14-16-20(17-15-18)23(25,19-10-5-4-6-11-19)21-12-7-8-13-22(21)24/h3-17H,2H2,1H3/b9-3+. The molecule has 0 aromatic heterocycles. The fourth-order valence-electron chi connectivity index (χ4n) is 2.96. The molecule has 0 amide bonds. The second-order valence-corrected chi connectivity index (χ2v) is 6.91. The van der Waals surface area contributed by atoms with Crippen molar-refractivity contribution in [2.75, 3.05) is 0 Å². The van der Waals surface area contributed by atoms with Crippen LogP contribution in [0.2, 0.25) is 5.02 Å². The van der Waals surface area contributed by atoms with Gasteiger partial charge in [-0.05, 0) is 29.2 Å². The van der Waals surface area contributed by atoms with Crippen LogP contribution in [-0.2, 0) is 4.87 Å². The summed E-state index contributed by atoms with van der Waals surface area (Å²) >= 11 is 13.8. The van der Waals surface area contributed by atoms with Gasteiger partial charge < -0.3 is 0 Å². The number of halogens is 2. The van der Waals surface area contributed by atoms with Crippen molar-refractivity contribution in [2.24, 2.45) is 0 Å². The van der Waals surface area contributed by atoms with Crippen molar-refractivity contribution in [1.29, 1.82) is 0 Å². The van der Waals surface area contributed by atoms with Crippen molar-refractivity contribution in [3.05, 3.63) is 112 Å². The van der Waals surface area contributed by atoms with Gasteiger partial charge in [-0.25, -0.2) is 0 Å². The van der Waals surface area contributed by atoms with Crippen molar-refractivity contribution in [3.63, 3.8) is 0 Å². The molecule has 0 nitrogen and oxygen atoms in total. The summed E-state index contributed by atoms with van der Waals surface area (Å²) in [5.41, 5.74) is 4.06. The van der Waals surface area contributed by atoms with E-state index in [2.05, 4.69) is 43.3 Å². The smallest absolute Gasteiger partial charge is 0.103 e. The lowest BCUT2D eigenvalue weighted by molar-refractivity contribution is 0.879. The van der Waals surface area contributed by atoms with Crippen LogP contribution >= 0.6 is 23.2 Å². The zero-order valence-corrected chi connectivity index (χ0v) is 15.6. The van der Waals surface area contributed by atoms with Crippen LogP contribution in [-0.4, -0.2) is 0 Å². The van der Waals surface area contributed by atoms with Crippen LogP contribution in [0.1, 0.15) is 35.6 Å². The Hall–Kier alpha value is -2.02. The van der Waals surface area contributed by atoms with Gasteiger partial charge in [-0.3, -0.25) is 0 Å². The first-order valence-corrected chi connectivity index (χ1v) is 9.18. The lowest BCUT2D eigenvalue weighted by Gasteiger charge is -2.30. The summed E-state index contributed by atoms with van der Waals surface area (Å²) in [7, 11) is 0. The van der Waals surface area contributed by atoms with Crippen molar-refractivity contribution in [2.45, 2.75) is 18.2 Å². The van der Waals surface area contributed by atoms with E-state index in [4.69, 9.17) is 23.2 Å². The molecular weight excluding hydrogens is 347 g/mol. The van der Waals surface area contributed by atoms with E-state index in [1.54, 1.807) is 0 Å². The second kappa shape index (κ2) is 7.91. The number of hydrogen-bond donors (Lipinski definition) is 0. The van der Waals surface area contributed by atoms with Gasteiger partial charge in [-0.15, -0.1) is 11.6 Å². The highest BCUT2D eigenvalue weighted by atomic mass is 35.5. The molecular formula is C23H20Cl2. The second-order valence-electron chi connectivity index (χ2n) is 5.94. The molecule has 0 heterocycles. The van der Waals surface area contributed by atoms with Crippen molar-refractivity contribution < 1.29 is 0 Å². The summed E-state index contributed by atoms with van der Waals surface area (Å²) in [6.45, 7) is 2.13. The summed E-state index contributed by atoms with van der Waals surface area (Å²) in [4.78, 5) is -0.827. The topological polar surface area (TPSA) is 0 Å². The van der Waals surface area contributed by atoms with E-state index in [-0.39, 0.29) is 0 Å². The minimum Gasteiger partial charge on any atom is -0.103 e. The Morgan fingerprint density at radius 1 is 0.800 bits per heavy atom. The van der Waals surface area contributed by atoms with E-state index in [0.717, 1.165) is 28.7 Å². The van der Waals surface area contributed by atoms with Crippen LogP contribution in [0.15, 0.2) is 84.9 Å². The number of benzene rings is 3. The van der Waals surface area contributed by atoms with E-state index in [0.29, 0.717) is 5.02 Å². The maximum atomic E-state index is 7.27. The quantitative estimate of drug-likeness (QED) is 0.328. The van der Waals surface area contributed by atoms with Crippen LogP contribution in [0.4, 0.5) is 0 Å². The third kappa shape index (κ3) is 3.66. The Morgan fingerprint density at radius 3 is 2.04 bits per heavy atom. The Bertz CT molecular complexity index is 851. The van der Waals surface area contributed by atoms with Crippen LogP contribution in [0.25, 0.3) is 6.08 Å². The molecule has 0 spiro atoms. The highest BCUT2D eigenvalue weighted by Gasteiger charge is 2.35. The predicted molar refractivity (Wildman–Crippen MR) is 109 cm³/mol. The van der Waals surface area contributed by atoms with Gasteiger partial charge in [0.15, 0.2) is 0 Å². The molecule has 0 radical (unpaired) electrons. The minimum atomic E-state index is -0.827. The highest BCUT2D eigenvalue weighted by Crippen LogP contribution is 2.45. The van der Waals surface area contributed by atoms with Gasteiger partial charge in [0.2, 0.25) is 0 Å². The molecule has 2 heteroatoms. The average Bonchev–Trinajstić information content (AvgIpc) is 2.67. The Morgan fingerprint density at radius 2 is 1.40 bits per heavy atom. The lowest BCUT2D eigenvalue weighted by atomic mass is 9.84. The van der Waals surface area contributed by atoms with E-state index in [1.165, 1.54) is 0 Å². The minimum absolute atomic E-state index is 0.663. The Labute approximate surface area is 159 Å². The maximum Gasteiger partial charge on any atom is 0.121 e. The molecule has 0 saturated carbocycles. The molecule has 0 aliphatic carbocycles. The van der Waals surface area contributed by atoms with Crippen LogP contribution in [0.3, 0.4) is 0 Å².